The van der Waals surface area contributed by atoms with Crippen LogP contribution < -0.4 is 59.3 Å². The number of hydrogen-bond donors (Lipinski definition) is 17. The van der Waals surface area contributed by atoms with Crippen molar-refractivity contribution in [3.63, 3.8) is 0 Å². The summed E-state index contributed by atoms with van der Waals surface area (Å²) in [5.74, 6) is -17.4. The molecule has 646 valence electrons. The smallest absolute Gasteiger partial charge is 0.305 e. The number of aliphatic hydroxyl groups excluding tert-OH is 1. The number of carbonyl (C=O) groups is 17. The Morgan fingerprint density at radius 3 is 1.59 bits per heavy atom. The fourth-order valence-corrected chi connectivity index (χ4v) is 13.7. The summed E-state index contributed by atoms with van der Waals surface area (Å²) >= 11 is 4.20. The molecule has 12 atom stereocenters. The minimum absolute atomic E-state index is 0.00304. The van der Waals surface area contributed by atoms with Crippen LogP contribution in [0.2, 0.25) is 0 Å². The topological polar surface area (TPSA) is 578 Å². The Bertz CT molecular complexity index is 4070. The van der Waals surface area contributed by atoms with Crippen LogP contribution in [0, 0.1) is 11.3 Å². The van der Waals surface area contributed by atoms with Crippen LogP contribution in [0.25, 0.3) is 0 Å². The zero-order chi connectivity index (χ0) is 87.9. The lowest BCUT2D eigenvalue weighted by atomic mass is 10.00. The largest absolute Gasteiger partial charge is 0.508 e. The van der Waals surface area contributed by atoms with E-state index in [1.165, 1.54) is 90.1 Å². The number of amides is 15. The number of likely N-dealkylation sites (tertiary alicyclic amines) is 2. The van der Waals surface area contributed by atoms with Crippen molar-refractivity contribution >= 4 is 119 Å². The molecule has 2 saturated heterocycles. The van der Waals surface area contributed by atoms with E-state index in [1.807, 2.05) is 0 Å². The number of aliphatic carboxylic acids is 2. The molecule has 0 radical (unpaired) electrons. The predicted octanol–water partition coefficient (Wildman–Crippen LogP) is -5.29. The Kier molecular flexibility index (Phi) is 38.2. The van der Waals surface area contributed by atoms with Gasteiger partial charge in [0.15, 0.2) is 5.96 Å². The first-order valence-electron chi connectivity index (χ1n) is 38.3. The van der Waals surface area contributed by atoms with Gasteiger partial charge in [0.1, 0.15) is 72.2 Å². The molecule has 0 aromatic heterocycles. The SMILES string of the molecule is CN[C@@H](CC(=O)O)C(=O)N1CCC[C@H]1C(=O)N(C)[C@@H](C)C(=O)N[C@@H](CC(=O)O)C(=O)NC(C(=O)N(C)[C@@H](CO)C(=O)NCC(=O)N[C@@H](CCCNC(=N)N)C(=O)N(C)[C@@H](Cc1ccccc1)C(=O)N(C)CC(=O)N[C@@H](Cc1ccc(O)cc1)C(=O)N(C)[C@@H](Cc1ccccc1)C(=O)N1CCC[C@H]1C(=O)N[C@@H](CS)C(=O)NCC(N)=O)C(C)C. The van der Waals surface area contributed by atoms with Gasteiger partial charge in [-0.2, -0.15) is 12.6 Å². The zero-order valence-electron chi connectivity index (χ0n) is 67.5. The molecule has 2 aliphatic heterocycles. The third kappa shape index (κ3) is 28.4. The first kappa shape index (κ1) is 96.6. The molecule has 0 saturated carbocycles. The van der Waals surface area contributed by atoms with Crippen LogP contribution in [0.5, 0.6) is 5.75 Å². The number of likely N-dealkylation sites (N-methyl/N-ethyl adjacent to an activating group) is 6. The number of nitrogens with two attached hydrogens (primary N) is 2. The molecule has 2 heterocycles. The summed E-state index contributed by atoms with van der Waals surface area (Å²) in [5.41, 5.74) is 12.3. The third-order valence-electron chi connectivity index (χ3n) is 20.3. The van der Waals surface area contributed by atoms with E-state index in [4.69, 9.17) is 16.9 Å². The van der Waals surface area contributed by atoms with Crippen LogP contribution in [0.4, 0.5) is 0 Å². The number of carboxylic acid groups (broad SMARTS) is 2. The van der Waals surface area contributed by atoms with E-state index in [2.05, 4.69) is 60.5 Å². The second-order valence-corrected chi connectivity index (χ2v) is 29.6. The van der Waals surface area contributed by atoms with Crippen LogP contribution >= 0.6 is 12.6 Å². The zero-order valence-corrected chi connectivity index (χ0v) is 68.4. The molecule has 41 heteroatoms. The molecule has 2 aliphatic rings. The third-order valence-corrected chi connectivity index (χ3v) is 20.7. The van der Waals surface area contributed by atoms with E-state index in [9.17, 15) is 87.5 Å². The number of nitrogens with one attached hydrogen (secondary N) is 10. The van der Waals surface area contributed by atoms with Gasteiger partial charge in [0.25, 0.3) is 0 Å². The van der Waals surface area contributed by atoms with Crippen molar-refractivity contribution in [2.24, 2.45) is 17.4 Å². The number of guanidine groups is 1. The molecular formula is C77H111N19O21S. The van der Waals surface area contributed by atoms with Gasteiger partial charge in [0, 0.05) is 79.9 Å². The number of hydrogen-bond acceptors (Lipinski definition) is 22. The highest BCUT2D eigenvalue weighted by Gasteiger charge is 2.45. The molecule has 1 unspecified atom stereocenters. The van der Waals surface area contributed by atoms with E-state index in [1.54, 1.807) is 60.7 Å². The second kappa shape index (κ2) is 46.7. The number of aromatic hydroxyl groups is 1. The number of aliphatic hydroxyl groups is 1. The summed E-state index contributed by atoms with van der Waals surface area (Å²) in [6.07, 6.45) is -1.15. The van der Waals surface area contributed by atoms with E-state index in [-0.39, 0.29) is 76.1 Å². The number of primary amides is 1. The van der Waals surface area contributed by atoms with E-state index in [0.29, 0.717) is 29.5 Å². The maximum Gasteiger partial charge on any atom is 0.305 e. The van der Waals surface area contributed by atoms with Crippen molar-refractivity contribution in [2.45, 2.75) is 164 Å². The highest BCUT2D eigenvalue weighted by Crippen LogP contribution is 2.26. The molecule has 0 spiro atoms. The Morgan fingerprint density at radius 2 is 1.05 bits per heavy atom. The van der Waals surface area contributed by atoms with Crippen LogP contribution in [-0.2, 0) is 101 Å². The van der Waals surface area contributed by atoms with Crippen molar-refractivity contribution in [3.8, 4) is 5.75 Å². The van der Waals surface area contributed by atoms with E-state index < -0.39 is 224 Å². The van der Waals surface area contributed by atoms with Crippen molar-refractivity contribution in [2.75, 3.05) is 93.9 Å². The molecular weight excluding hydrogens is 1560 g/mol. The Hall–Kier alpha value is -12.0. The molecule has 3 aromatic carbocycles. The summed E-state index contributed by atoms with van der Waals surface area (Å²) < 4.78 is 0. The molecule has 5 rings (SSSR count). The normalized spacial score (nSPS) is 16.2. The Morgan fingerprint density at radius 1 is 0.534 bits per heavy atom. The number of carbonyl (C=O) groups excluding carboxylic acids is 15. The van der Waals surface area contributed by atoms with Gasteiger partial charge in [0.05, 0.1) is 45.1 Å². The maximum absolute atomic E-state index is 15.2. The van der Waals surface area contributed by atoms with E-state index in [0.717, 1.165) is 31.5 Å². The van der Waals surface area contributed by atoms with Gasteiger partial charge < -0.3 is 114 Å². The van der Waals surface area contributed by atoms with Gasteiger partial charge >= 0.3 is 11.9 Å². The number of carboxylic acids is 2. The molecule has 18 N–H and O–H groups in total. The fraction of sp³-hybridized carbons (Fsp3) is 0.532. The summed E-state index contributed by atoms with van der Waals surface area (Å²) in [5, 5.41) is 70.2. The first-order chi connectivity index (χ1) is 55.7. The fourth-order valence-electron chi connectivity index (χ4n) is 13.5. The van der Waals surface area contributed by atoms with Crippen molar-refractivity contribution < 1.29 is 102 Å². The minimum Gasteiger partial charge on any atom is -0.508 e. The van der Waals surface area contributed by atoms with Gasteiger partial charge in [-0.3, -0.25) is 86.9 Å². The van der Waals surface area contributed by atoms with Crippen LogP contribution in [-0.4, -0.2) is 328 Å². The van der Waals surface area contributed by atoms with Crippen molar-refractivity contribution in [1.29, 1.82) is 5.41 Å². The first-order valence-corrected chi connectivity index (χ1v) is 38.9. The van der Waals surface area contributed by atoms with Gasteiger partial charge in [-0.1, -0.05) is 86.6 Å². The highest BCUT2D eigenvalue weighted by molar-refractivity contribution is 7.80. The summed E-state index contributed by atoms with van der Waals surface area (Å²) in [4.78, 5) is 241. The van der Waals surface area contributed by atoms with Gasteiger partial charge in [-0.25, -0.2) is 0 Å². The summed E-state index contributed by atoms with van der Waals surface area (Å²) in [6, 6.07) is 5.82. The maximum atomic E-state index is 15.2. The number of phenolic OH excluding ortho intramolecular Hbond substituents is 1. The standard InChI is InChI=1S/C77H111N19O21S/c1-43(2)64(89-67(108)50(36-62(102)103)87-65(106)44(3)91(6)74(115)55-25-18-32-96(55)72(113)51(81-4)37-63(104)105)76(117)94(9)58(41-97)68(109)84-39-60(100)85-49(23-16-30-82-77(79)80)70(111)92(7)56(34-45-19-12-10-13-20-45)73(114)90(5)40-61(101)86-52(33-47-26-28-48(98)29-27-47)71(112)93(8)57(35-46-21-14-11-15-22-46)75(116)95-31-17-24-54(95)69(110)88-53(42-118)66(107)83-38-59(78)99/h10-15,19-22,26-29,43-44,49-58,64,81,97-98,118H,16-18,23-25,30-42H2,1-9H3,(H2,78,99)(H,83,107)(H,84,109)(H,85,100)(H,86,101)(H,87,106)(H,88,110)(H,89,108)(H,102,103)(H,104,105)(H4,79,80,82)/t44-,49-,50-,51-,52-,53-,54-,55-,56-,57-,58-,64?/m0/s1. The Labute approximate surface area is 688 Å². The minimum atomic E-state index is -1.88. The summed E-state index contributed by atoms with van der Waals surface area (Å²) in [7, 11) is 7.62. The lowest BCUT2D eigenvalue weighted by molar-refractivity contribution is -0.149. The lowest BCUT2D eigenvalue weighted by Crippen LogP contribution is -2.61. The monoisotopic (exact) mass is 1670 g/mol. The Balaban J connectivity index is 1.33. The van der Waals surface area contributed by atoms with Gasteiger partial charge in [-0.05, 0) is 87.2 Å². The predicted molar refractivity (Wildman–Crippen MR) is 428 cm³/mol. The lowest BCUT2D eigenvalue weighted by Gasteiger charge is -2.35. The molecule has 40 nitrogen and oxygen atoms in total. The van der Waals surface area contributed by atoms with Crippen molar-refractivity contribution in [1.82, 2.24) is 82.2 Å². The van der Waals surface area contributed by atoms with Gasteiger partial charge in [-0.15, -0.1) is 0 Å². The quantitative estimate of drug-likeness (QED) is 0.0109. The number of phenols is 1. The molecule has 2 fully saturated rings. The number of rotatable bonds is 45. The molecule has 3 aromatic rings. The molecule has 118 heavy (non-hydrogen) atoms. The van der Waals surface area contributed by atoms with Crippen LogP contribution in [0.3, 0.4) is 0 Å². The number of benzene rings is 3. The second-order valence-electron chi connectivity index (χ2n) is 29.2. The van der Waals surface area contributed by atoms with Crippen LogP contribution in [0.15, 0.2) is 84.9 Å². The average molecular weight is 1670 g/mol. The molecule has 15 amide bonds. The summed E-state index contributed by atoms with van der Waals surface area (Å²) in [6.45, 7) is 1.18. The molecule has 0 aliphatic carbocycles. The molecule has 0 bridgehead atoms. The van der Waals surface area contributed by atoms with E-state index >= 15 is 14.4 Å². The number of nitrogens with zero attached hydrogens (tertiary/aromatic N) is 7. The van der Waals surface area contributed by atoms with Crippen molar-refractivity contribution in [3.05, 3.63) is 102 Å². The number of thiol groups is 1. The van der Waals surface area contributed by atoms with Crippen LogP contribution in [0.1, 0.15) is 88.8 Å². The average Bonchev–Trinajstić information content (AvgIpc) is 1.56. The highest BCUT2D eigenvalue weighted by atomic mass is 32.1. The van der Waals surface area contributed by atoms with Gasteiger partial charge in [0.2, 0.25) is 88.6 Å².